The standard InChI is InChI=1S/C17H22N2O2/c1-19(2)13-7-5-12(6-8-13)17(18)15-10-9-14(20-3)11-16(15)21-4/h5-11,17H,18H2,1-4H3. The molecule has 0 saturated carbocycles. The monoisotopic (exact) mass is 286 g/mol. The van der Waals surface area contributed by atoms with Gasteiger partial charge in [-0.25, -0.2) is 0 Å². The number of rotatable bonds is 5. The van der Waals surface area contributed by atoms with Crippen molar-refractivity contribution in [2.45, 2.75) is 6.04 Å². The summed E-state index contributed by atoms with van der Waals surface area (Å²) in [5.41, 5.74) is 9.51. The van der Waals surface area contributed by atoms with E-state index in [4.69, 9.17) is 15.2 Å². The van der Waals surface area contributed by atoms with Crippen LogP contribution in [0, 0.1) is 0 Å². The Morgan fingerprint density at radius 3 is 2.14 bits per heavy atom. The van der Waals surface area contributed by atoms with E-state index in [1.54, 1.807) is 14.2 Å². The van der Waals surface area contributed by atoms with E-state index in [1.165, 1.54) is 0 Å². The molecule has 0 aliphatic heterocycles. The van der Waals surface area contributed by atoms with Gasteiger partial charge in [0.2, 0.25) is 0 Å². The summed E-state index contributed by atoms with van der Waals surface area (Å²) in [5, 5.41) is 0. The third-order valence-electron chi connectivity index (χ3n) is 3.54. The highest BCUT2D eigenvalue weighted by atomic mass is 16.5. The average Bonchev–Trinajstić information content (AvgIpc) is 2.53. The zero-order valence-corrected chi connectivity index (χ0v) is 13.0. The van der Waals surface area contributed by atoms with Gasteiger partial charge in [0.1, 0.15) is 11.5 Å². The van der Waals surface area contributed by atoms with Gasteiger partial charge in [-0.2, -0.15) is 0 Å². The minimum Gasteiger partial charge on any atom is -0.497 e. The maximum absolute atomic E-state index is 6.38. The van der Waals surface area contributed by atoms with Crippen molar-refractivity contribution in [3.05, 3.63) is 53.6 Å². The number of methoxy groups -OCH3 is 2. The second kappa shape index (κ2) is 6.50. The van der Waals surface area contributed by atoms with Crippen LogP contribution >= 0.6 is 0 Å². The Balaban J connectivity index is 2.32. The van der Waals surface area contributed by atoms with Gasteiger partial charge in [0.15, 0.2) is 0 Å². The van der Waals surface area contributed by atoms with E-state index in [2.05, 4.69) is 17.0 Å². The van der Waals surface area contributed by atoms with Gasteiger partial charge in [-0.15, -0.1) is 0 Å². The molecule has 2 aromatic rings. The van der Waals surface area contributed by atoms with E-state index in [0.29, 0.717) is 0 Å². The average molecular weight is 286 g/mol. The van der Waals surface area contributed by atoms with Gasteiger partial charge in [0.05, 0.1) is 20.3 Å². The summed E-state index contributed by atoms with van der Waals surface area (Å²) < 4.78 is 10.6. The predicted molar refractivity (Wildman–Crippen MR) is 86.3 cm³/mol. The summed E-state index contributed by atoms with van der Waals surface area (Å²) in [4.78, 5) is 2.06. The van der Waals surface area contributed by atoms with Crippen LogP contribution < -0.4 is 20.1 Å². The fourth-order valence-electron chi connectivity index (χ4n) is 2.23. The number of nitrogens with zero attached hydrogens (tertiary/aromatic N) is 1. The van der Waals surface area contributed by atoms with Crippen LogP contribution in [0.2, 0.25) is 0 Å². The highest BCUT2D eigenvalue weighted by Gasteiger charge is 2.15. The molecule has 2 aromatic carbocycles. The van der Waals surface area contributed by atoms with Crippen LogP contribution in [-0.4, -0.2) is 28.3 Å². The van der Waals surface area contributed by atoms with Crippen LogP contribution in [0.3, 0.4) is 0 Å². The maximum atomic E-state index is 6.38. The first kappa shape index (κ1) is 15.2. The van der Waals surface area contributed by atoms with Crippen LogP contribution in [0.15, 0.2) is 42.5 Å². The quantitative estimate of drug-likeness (QED) is 0.918. The Labute approximate surface area is 126 Å². The Kier molecular flexibility index (Phi) is 4.70. The van der Waals surface area contributed by atoms with Gasteiger partial charge in [-0.05, 0) is 29.8 Å². The lowest BCUT2D eigenvalue weighted by Gasteiger charge is -2.18. The first-order chi connectivity index (χ1) is 10.1. The molecule has 0 radical (unpaired) electrons. The largest absolute Gasteiger partial charge is 0.497 e. The van der Waals surface area contributed by atoms with E-state index in [9.17, 15) is 0 Å². The normalized spacial score (nSPS) is 11.9. The predicted octanol–water partition coefficient (Wildman–Crippen LogP) is 2.82. The number of hydrogen-bond acceptors (Lipinski definition) is 4. The zero-order valence-electron chi connectivity index (χ0n) is 13.0. The van der Waals surface area contributed by atoms with Gasteiger partial charge in [0.25, 0.3) is 0 Å². The topological polar surface area (TPSA) is 47.7 Å². The highest BCUT2D eigenvalue weighted by molar-refractivity contribution is 5.50. The third kappa shape index (κ3) is 3.28. The van der Waals surface area contributed by atoms with Gasteiger partial charge in [0, 0.05) is 31.4 Å². The van der Waals surface area contributed by atoms with E-state index < -0.39 is 0 Å². The summed E-state index contributed by atoms with van der Waals surface area (Å²) in [6, 6.07) is 13.7. The molecule has 4 nitrogen and oxygen atoms in total. The third-order valence-corrected chi connectivity index (χ3v) is 3.54. The van der Waals surface area contributed by atoms with Crippen LogP contribution in [0.4, 0.5) is 5.69 Å². The van der Waals surface area contributed by atoms with E-state index in [0.717, 1.165) is 28.3 Å². The fraction of sp³-hybridized carbons (Fsp3) is 0.294. The molecular formula is C17H22N2O2. The molecule has 0 spiro atoms. The molecule has 0 heterocycles. The van der Waals surface area contributed by atoms with Crippen LogP contribution in [0.1, 0.15) is 17.2 Å². The van der Waals surface area contributed by atoms with Crippen LogP contribution in [-0.2, 0) is 0 Å². The van der Waals surface area contributed by atoms with Crippen molar-refractivity contribution < 1.29 is 9.47 Å². The van der Waals surface area contributed by atoms with Crippen LogP contribution in [0.25, 0.3) is 0 Å². The van der Waals surface area contributed by atoms with Crippen molar-refractivity contribution in [1.82, 2.24) is 0 Å². The van der Waals surface area contributed by atoms with E-state index in [1.807, 2.05) is 44.4 Å². The molecule has 0 fully saturated rings. The van der Waals surface area contributed by atoms with E-state index >= 15 is 0 Å². The smallest absolute Gasteiger partial charge is 0.127 e. The highest BCUT2D eigenvalue weighted by Crippen LogP contribution is 2.32. The summed E-state index contributed by atoms with van der Waals surface area (Å²) >= 11 is 0. The number of benzene rings is 2. The molecule has 0 bridgehead atoms. The Bertz CT molecular complexity index is 594. The lowest BCUT2D eigenvalue weighted by Crippen LogP contribution is -2.14. The molecule has 21 heavy (non-hydrogen) atoms. The summed E-state index contributed by atoms with van der Waals surface area (Å²) in [6.07, 6.45) is 0. The van der Waals surface area contributed by atoms with Crippen molar-refractivity contribution in [1.29, 1.82) is 0 Å². The number of anilines is 1. The molecule has 1 atom stereocenters. The fourth-order valence-corrected chi connectivity index (χ4v) is 2.23. The molecule has 0 amide bonds. The molecule has 0 aromatic heterocycles. The Morgan fingerprint density at radius 2 is 1.62 bits per heavy atom. The SMILES string of the molecule is COc1ccc(C(N)c2ccc(N(C)C)cc2)c(OC)c1. The molecular weight excluding hydrogens is 264 g/mol. The second-order valence-electron chi connectivity index (χ2n) is 5.07. The zero-order chi connectivity index (χ0) is 15.4. The Morgan fingerprint density at radius 1 is 0.952 bits per heavy atom. The number of nitrogens with two attached hydrogens (primary N) is 1. The second-order valence-corrected chi connectivity index (χ2v) is 5.07. The first-order valence-electron chi connectivity index (χ1n) is 6.81. The summed E-state index contributed by atoms with van der Waals surface area (Å²) in [6.45, 7) is 0. The lowest BCUT2D eigenvalue weighted by atomic mass is 9.98. The number of hydrogen-bond donors (Lipinski definition) is 1. The minimum absolute atomic E-state index is 0.234. The molecule has 0 aliphatic rings. The molecule has 1 unspecified atom stereocenters. The lowest BCUT2D eigenvalue weighted by molar-refractivity contribution is 0.390. The van der Waals surface area contributed by atoms with Crippen LogP contribution in [0.5, 0.6) is 11.5 Å². The van der Waals surface area contributed by atoms with Crippen molar-refractivity contribution in [3.8, 4) is 11.5 Å². The van der Waals surface area contributed by atoms with Crippen molar-refractivity contribution in [3.63, 3.8) is 0 Å². The van der Waals surface area contributed by atoms with Gasteiger partial charge in [-0.1, -0.05) is 12.1 Å². The molecule has 4 heteroatoms. The van der Waals surface area contributed by atoms with E-state index in [-0.39, 0.29) is 6.04 Å². The Hall–Kier alpha value is -2.20. The van der Waals surface area contributed by atoms with Crippen molar-refractivity contribution in [2.75, 3.05) is 33.2 Å². The van der Waals surface area contributed by atoms with Gasteiger partial charge >= 0.3 is 0 Å². The van der Waals surface area contributed by atoms with Crippen molar-refractivity contribution >= 4 is 5.69 Å². The number of ether oxygens (including phenoxy) is 2. The summed E-state index contributed by atoms with van der Waals surface area (Å²) in [5.74, 6) is 1.49. The molecule has 0 saturated heterocycles. The first-order valence-corrected chi connectivity index (χ1v) is 6.81. The molecule has 2 rings (SSSR count). The molecule has 112 valence electrons. The summed E-state index contributed by atoms with van der Waals surface area (Å²) in [7, 11) is 7.30. The molecule has 0 aliphatic carbocycles. The molecule has 2 N–H and O–H groups in total. The maximum Gasteiger partial charge on any atom is 0.127 e. The minimum atomic E-state index is -0.234. The van der Waals surface area contributed by atoms with Gasteiger partial charge < -0.3 is 20.1 Å². The van der Waals surface area contributed by atoms with Gasteiger partial charge in [-0.3, -0.25) is 0 Å². The van der Waals surface area contributed by atoms with Crippen molar-refractivity contribution in [2.24, 2.45) is 5.73 Å².